The van der Waals surface area contributed by atoms with E-state index >= 15 is 0 Å². The van der Waals surface area contributed by atoms with E-state index in [0.29, 0.717) is 0 Å². The van der Waals surface area contributed by atoms with Gasteiger partial charge in [0.15, 0.2) is 4.91 Å². The van der Waals surface area contributed by atoms with Gasteiger partial charge in [-0.05, 0) is 12.5 Å². The molecule has 1 unspecified atom stereocenters. The summed E-state index contributed by atoms with van der Waals surface area (Å²) >= 11 is 0. The van der Waals surface area contributed by atoms with Crippen molar-refractivity contribution in [3.8, 4) is 0 Å². The Morgan fingerprint density at radius 1 is 1.60 bits per heavy atom. The zero-order chi connectivity index (χ0) is 11.4. The van der Waals surface area contributed by atoms with Crippen molar-refractivity contribution in [2.45, 2.75) is 6.92 Å². The van der Waals surface area contributed by atoms with Crippen molar-refractivity contribution in [1.29, 1.82) is 0 Å². The fourth-order valence-electron chi connectivity index (χ4n) is 0.452. The maximum Gasteiger partial charge on any atom is 0.349 e. The van der Waals surface area contributed by atoms with Gasteiger partial charge < -0.3 is 17.0 Å². The van der Waals surface area contributed by atoms with Crippen LogP contribution in [0.15, 0.2) is 11.5 Å². The minimum atomic E-state index is -4.21. The van der Waals surface area contributed by atoms with Crippen LogP contribution in [0.2, 0.25) is 0 Å². The van der Waals surface area contributed by atoms with Crippen LogP contribution in [0.25, 0.3) is 0 Å². The Morgan fingerprint density at radius 2 is 2.07 bits per heavy atom. The molecule has 90 valence electrons. The van der Waals surface area contributed by atoms with E-state index in [1.54, 1.807) is 6.92 Å². The number of rotatable bonds is 6. The monoisotopic (exact) mass is 240 g/mol. The molecule has 0 heterocycles. The maximum absolute atomic E-state index is 11.0. The lowest BCUT2D eigenvalue weighted by atomic mass is 10.2. The van der Waals surface area contributed by atoms with Crippen molar-refractivity contribution in [3.63, 3.8) is 0 Å². The van der Waals surface area contributed by atoms with Crippen molar-refractivity contribution in [2.24, 2.45) is 11.7 Å². The minimum Gasteiger partial charge on any atom is -0.477 e. The first kappa shape index (κ1) is 16.5. The van der Waals surface area contributed by atoms with Gasteiger partial charge in [-0.2, -0.15) is 8.42 Å². The lowest BCUT2D eigenvalue weighted by Crippen LogP contribution is -2.21. The Balaban J connectivity index is 0. The van der Waals surface area contributed by atoms with Gasteiger partial charge in [0.25, 0.3) is 0 Å². The summed E-state index contributed by atoms with van der Waals surface area (Å²) in [6.45, 7) is 4.68. The molecule has 0 radical (unpaired) electrons. The molecule has 0 aromatic rings. The van der Waals surface area contributed by atoms with Gasteiger partial charge in [0.1, 0.15) is 0 Å². The number of carboxylic acid groups (broad SMARTS) is 1. The topological polar surface area (TPSA) is 142 Å². The van der Waals surface area contributed by atoms with Gasteiger partial charge in [-0.25, -0.2) is 4.79 Å². The molecule has 7 nitrogen and oxygen atoms in total. The third kappa shape index (κ3) is 5.47. The normalized spacial score (nSPS) is 12.7. The molecule has 0 saturated carbocycles. The Kier molecular flexibility index (Phi) is 7.15. The van der Waals surface area contributed by atoms with E-state index in [0.717, 1.165) is 0 Å². The summed E-state index contributed by atoms with van der Waals surface area (Å²) in [4.78, 5) is 9.31. The molecule has 0 bridgehead atoms. The van der Waals surface area contributed by atoms with E-state index in [1.807, 2.05) is 0 Å². The molecule has 0 saturated heterocycles. The van der Waals surface area contributed by atoms with Crippen LogP contribution in [0.1, 0.15) is 6.92 Å². The highest BCUT2D eigenvalue weighted by Crippen LogP contribution is 2.08. The molecule has 0 rings (SSSR count). The Morgan fingerprint density at radius 3 is 2.40 bits per heavy atom. The van der Waals surface area contributed by atoms with Crippen LogP contribution in [0, 0.1) is 5.92 Å². The predicted molar refractivity (Wildman–Crippen MR) is 54.9 cm³/mol. The summed E-state index contributed by atoms with van der Waals surface area (Å²) in [6, 6.07) is 0. The largest absolute Gasteiger partial charge is 0.477 e. The summed E-state index contributed by atoms with van der Waals surface area (Å²) in [7, 11) is -4.21. The van der Waals surface area contributed by atoms with Gasteiger partial charge in [0.05, 0.1) is 6.61 Å². The van der Waals surface area contributed by atoms with E-state index < -0.39 is 21.0 Å². The summed E-state index contributed by atoms with van der Waals surface area (Å²) < 4.78 is 26.5. The van der Waals surface area contributed by atoms with E-state index in [9.17, 15) is 13.2 Å². The Hall–Kier alpha value is -0.960. The second kappa shape index (κ2) is 6.51. The van der Waals surface area contributed by atoms with Crippen LogP contribution in [0.4, 0.5) is 0 Å². The zero-order valence-electron chi connectivity index (χ0n) is 8.47. The Labute approximate surface area is 88.6 Å². The molecule has 1 atom stereocenters. The zero-order valence-corrected chi connectivity index (χ0v) is 9.29. The molecule has 0 aliphatic carbocycles. The van der Waals surface area contributed by atoms with E-state index in [2.05, 4.69) is 10.8 Å². The molecular formula is C7H16N2O5S. The highest BCUT2D eigenvalue weighted by atomic mass is 32.2. The van der Waals surface area contributed by atoms with Gasteiger partial charge in [0.2, 0.25) is 0 Å². The smallest absolute Gasteiger partial charge is 0.349 e. The standard InChI is InChI=1S/C7H13NO5S.H3N/c1-5(3-8)4-13-14(11,12)6(2)7(9)10;/h5H,2-4,8H2,1H3,(H,9,10);1H3. The summed E-state index contributed by atoms with van der Waals surface area (Å²) in [5.74, 6) is -1.78. The highest BCUT2D eigenvalue weighted by Gasteiger charge is 2.23. The van der Waals surface area contributed by atoms with Gasteiger partial charge >= 0.3 is 16.1 Å². The van der Waals surface area contributed by atoms with Crippen molar-refractivity contribution in [2.75, 3.05) is 13.2 Å². The molecule has 15 heavy (non-hydrogen) atoms. The van der Waals surface area contributed by atoms with E-state index in [-0.39, 0.29) is 25.2 Å². The van der Waals surface area contributed by atoms with Crippen LogP contribution in [-0.4, -0.2) is 32.6 Å². The van der Waals surface area contributed by atoms with Crippen molar-refractivity contribution in [3.05, 3.63) is 11.5 Å². The van der Waals surface area contributed by atoms with E-state index in [1.165, 1.54) is 0 Å². The molecule has 0 aliphatic heterocycles. The predicted octanol–water partition coefficient (Wildman–Crippen LogP) is -0.312. The average molecular weight is 240 g/mol. The number of nitrogens with two attached hydrogens (primary N) is 1. The van der Waals surface area contributed by atoms with Crippen molar-refractivity contribution in [1.82, 2.24) is 6.15 Å². The quantitative estimate of drug-likeness (QED) is 0.427. The number of hydrogen-bond acceptors (Lipinski definition) is 6. The van der Waals surface area contributed by atoms with E-state index in [4.69, 9.17) is 10.8 Å². The van der Waals surface area contributed by atoms with Crippen LogP contribution in [0.3, 0.4) is 0 Å². The second-order valence-corrected chi connectivity index (χ2v) is 4.44. The first-order valence-corrected chi connectivity index (χ1v) is 5.23. The molecule has 0 aliphatic rings. The average Bonchev–Trinajstić information content (AvgIpc) is 2.12. The van der Waals surface area contributed by atoms with Crippen molar-refractivity contribution < 1.29 is 22.5 Å². The van der Waals surface area contributed by atoms with Crippen LogP contribution >= 0.6 is 0 Å². The Bertz CT molecular complexity index is 324. The molecule has 0 aromatic heterocycles. The summed E-state index contributed by atoms with van der Waals surface area (Å²) in [5, 5.41) is 8.36. The van der Waals surface area contributed by atoms with Gasteiger partial charge in [-0.3, -0.25) is 4.18 Å². The first-order valence-electron chi connectivity index (χ1n) is 3.83. The van der Waals surface area contributed by atoms with Crippen LogP contribution < -0.4 is 11.9 Å². The van der Waals surface area contributed by atoms with Gasteiger partial charge in [0, 0.05) is 0 Å². The maximum atomic E-state index is 11.0. The number of aliphatic carboxylic acids is 1. The molecule has 6 N–H and O–H groups in total. The lowest BCUT2D eigenvalue weighted by Gasteiger charge is -2.08. The van der Waals surface area contributed by atoms with Crippen LogP contribution in [-0.2, 0) is 19.1 Å². The molecule has 0 amide bonds. The first-order chi connectivity index (χ1) is 6.31. The SMILES string of the molecule is C=C(C(=O)O)S(=O)(=O)OCC(C)CN.N. The molecule has 0 spiro atoms. The fraction of sp³-hybridized carbons (Fsp3) is 0.571. The minimum absolute atomic E-state index is 0. The number of hydrogen-bond donors (Lipinski definition) is 3. The summed E-state index contributed by atoms with van der Waals surface area (Å²) in [6.07, 6.45) is 0. The second-order valence-electron chi connectivity index (χ2n) is 2.81. The van der Waals surface area contributed by atoms with Gasteiger partial charge in [-0.1, -0.05) is 13.5 Å². The third-order valence-corrected chi connectivity index (χ3v) is 2.67. The number of carboxylic acids is 1. The van der Waals surface area contributed by atoms with Gasteiger partial charge in [-0.15, -0.1) is 0 Å². The number of carbonyl (C=O) groups is 1. The van der Waals surface area contributed by atoms with Crippen molar-refractivity contribution >= 4 is 16.1 Å². The summed E-state index contributed by atoms with van der Waals surface area (Å²) in [5.41, 5.74) is 5.22. The third-order valence-electron chi connectivity index (χ3n) is 1.45. The highest BCUT2D eigenvalue weighted by molar-refractivity contribution is 7.91. The molecular weight excluding hydrogens is 224 g/mol. The molecule has 0 fully saturated rings. The lowest BCUT2D eigenvalue weighted by molar-refractivity contribution is -0.131. The molecule has 8 heteroatoms. The fourth-order valence-corrected chi connectivity index (χ4v) is 1.22. The molecule has 0 aromatic carbocycles. The van der Waals surface area contributed by atoms with Crippen LogP contribution in [0.5, 0.6) is 0 Å².